The lowest BCUT2D eigenvalue weighted by Gasteiger charge is -2.10. The smallest absolute Gasteiger partial charge is 0.272 e. The highest BCUT2D eigenvalue weighted by Crippen LogP contribution is 2.30. The van der Waals surface area contributed by atoms with Crippen LogP contribution in [0.3, 0.4) is 0 Å². The molecule has 2 heterocycles. The molecule has 5 nitrogen and oxygen atoms in total. The number of carbonyl (C=O) groups excluding carboxylic acids is 1. The summed E-state index contributed by atoms with van der Waals surface area (Å²) in [6.45, 7) is 1.14. The van der Waals surface area contributed by atoms with Gasteiger partial charge < -0.3 is 0 Å². The first-order chi connectivity index (χ1) is 8.30. The fourth-order valence-electron chi connectivity index (χ4n) is 1.43. The Morgan fingerprint density at radius 2 is 2.00 bits per heavy atom. The first-order valence-electron chi connectivity index (χ1n) is 4.79. The Balaban J connectivity index is 2.38. The summed E-state index contributed by atoms with van der Waals surface area (Å²) in [5, 5.41) is 10.9. The molecule has 0 spiro atoms. The van der Waals surface area contributed by atoms with E-state index in [-0.39, 0.29) is 11.0 Å². The quantitative estimate of drug-likeness (QED) is 0.790. The van der Waals surface area contributed by atoms with Crippen LogP contribution in [0.1, 0.15) is 6.92 Å². The van der Waals surface area contributed by atoms with Crippen LogP contribution in [-0.4, -0.2) is 28.0 Å². The summed E-state index contributed by atoms with van der Waals surface area (Å²) >= 11 is 5.49. The number of anilines is 1. The predicted molar refractivity (Wildman–Crippen MR) is 57.2 cm³/mol. The number of aromatic nitrogens is 2. The van der Waals surface area contributed by atoms with Crippen LogP contribution < -0.4 is 5.01 Å². The molecule has 0 radical (unpaired) electrons. The van der Waals surface area contributed by atoms with Gasteiger partial charge in [0.25, 0.3) is 5.91 Å². The van der Waals surface area contributed by atoms with Gasteiger partial charge in [-0.25, -0.2) is 0 Å². The molecule has 1 amide bonds. The van der Waals surface area contributed by atoms with Crippen LogP contribution in [0, 0.1) is 5.92 Å². The number of halogens is 4. The van der Waals surface area contributed by atoms with Crippen molar-refractivity contribution in [1.29, 1.82) is 0 Å². The van der Waals surface area contributed by atoms with Gasteiger partial charge in [-0.05, 0) is 19.1 Å². The van der Waals surface area contributed by atoms with Crippen LogP contribution in [0.5, 0.6) is 0 Å². The number of nitrogens with zero attached hydrogens (tertiary/aromatic N) is 4. The van der Waals surface area contributed by atoms with Crippen LogP contribution in [0.4, 0.5) is 19.0 Å². The number of carbonyl (C=O) groups is 1. The molecule has 18 heavy (non-hydrogen) atoms. The highest BCUT2D eigenvalue weighted by atomic mass is 35.5. The van der Waals surface area contributed by atoms with Crippen LogP contribution in [0.15, 0.2) is 17.2 Å². The Morgan fingerprint density at radius 3 is 2.44 bits per heavy atom. The molecular weight excluding hydrogens is 273 g/mol. The fraction of sp³-hybridized carbons (Fsp3) is 0.333. The minimum absolute atomic E-state index is 0.0680. The summed E-state index contributed by atoms with van der Waals surface area (Å²) in [6, 6.07) is 2.58. The zero-order valence-electron chi connectivity index (χ0n) is 8.94. The molecule has 0 N–H and O–H groups in total. The van der Waals surface area contributed by atoms with E-state index < -0.39 is 23.7 Å². The van der Waals surface area contributed by atoms with Crippen molar-refractivity contribution in [3.63, 3.8) is 0 Å². The molecule has 2 rings (SSSR count). The van der Waals surface area contributed by atoms with Crippen molar-refractivity contribution in [3.05, 3.63) is 17.3 Å². The van der Waals surface area contributed by atoms with Gasteiger partial charge in [-0.2, -0.15) is 23.3 Å². The third-order valence-electron chi connectivity index (χ3n) is 2.32. The molecule has 0 saturated heterocycles. The molecule has 96 valence electrons. The third kappa shape index (κ3) is 2.15. The minimum Gasteiger partial charge on any atom is -0.272 e. The molecule has 1 aromatic rings. The van der Waals surface area contributed by atoms with Gasteiger partial charge in [0, 0.05) is 0 Å². The van der Waals surface area contributed by atoms with Gasteiger partial charge in [0.2, 0.25) is 0 Å². The molecule has 9 heteroatoms. The highest BCUT2D eigenvalue weighted by molar-refractivity contribution is 6.29. The maximum atomic E-state index is 12.6. The van der Waals surface area contributed by atoms with Crippen LogP contribution in [-0.2, 0) is 4.79 Å². The van der Waals surface area contributed by atoms with Gasteiger partial charge >= 0.3 is 6.18 Å². The molecule has 0 saturated carbocycles. The molecule has 1 aliphatic rings. The van der Waals surface area contributed by atoms with E-state index in [1.807, 2.05) is 0 Å². The summed E-state index contributed by atoms with van der Waals surface area (Å²) in [5.74, 6) is -2.27. The molecule has 0 bridgehead atoms. The first-order valence-corrected chi connectivity index (χ1v) is 5.17. The lowest BCUT2D eigenvalue weighted by Crippen LogP contribution is -2.31. The molecule has 1 aliphatic heterocycles. The van der Waals surface area contributed by atoms with Gasteiger partial charge in [0.1, 0.15) is 0 Å². The molecular formula is C9H6ClF3N4O. The standard InChI is InChI=1S/C9H6ClF3N4O/c1-4-7(9(11,12)13)16-17(8(4)18)6-3-2-5(10)14-15-6/h2-4H,1H3. The van der Waals surface area contributed by atoms with Crippen LogP contribution >= 0.6 is 11.6 Å². The van der Waals surface area contributed by atoms with Crippen molar-refractivity contribution in [2.75, 3.05) is 5.01 Å². The minimum atomic E-state index is -4.65. The molecule has 0 aliphatic carbocycles. The second-order valence-corrected chi connectivity index (χ2v) is 3.96. The summed E-state index contributed by atoms with van der Waals surface area (Å²) < 4.78 is 37.7. The fourth-order valence-corrected chi connectivity index (χ4v) is 1.53. The number of alkyl halides is 3. The van der Waals surface area contributed by atoms with Crippen molar-refractivity contribution in [3.8, 4) is 0 Å². The number of rotatable bonds is 1. The Bertz CT molecular complexity index is 514. The number of hydrogen-bond acceptors (Lipinski definition) is 4. The van der Waals surface area contributed by atoms with E-state index in [0.29, 0.717) is 5.01 Å². The largest absolute Gasteiger partial charge is 0.432 e. The Labute approximate surface area is 104 Å². The van der Waals surface area contributed by atoms with Gasteiger partial charge in [0.15, 0.2) is 16.7 Å². The first kappa shape index (κ1) is 12.7. The van der Waals surface area contributed by atoms with Gasteiger partial charge in [-0.3, -0.25) is 4.79 Å². The lowest BCUT2D eigenvalue weighted by atomic mass is 10.1. The SMILES string of the molecule is CC1C(=O)N(c2ccc(Cl)nn2)N=C1C(F)(F)F. The average molecular weight is 279 g/mol. The van der Waals surface area contributed by atoms with E-state index >= 15 is 0 Å². The van der Waals surface area contributed by atoms with Crippen LogP contribution in [0.25, 0.3) is 0 Å². The number of hydrazone groups is 1. The topological polar surface area (TPSA) is 58.5 Å². The van der Waals surface area contributed by atoms with Gasteiger partial charge in [-0.1, -0.05) is 11.6 Å². The zero-order chi connectivity index (χ0) is 13.5. The summed E-state index contributed by atoms with van der Waals surface area (Å²) in [5.41, 5.74) is -1.15. The highest BCUT2D eigenvalue weighted by Gasteiger charge is 2.48. The van der Waals surface area contributed by atoms with Crippen molar-refractivity contribution in [2.24, 2.45) is 11.0 Å². The zero-order valence-corrected chi connectivity index (χ0v) is 9.70. The summed E-state index contributed by atoms with van der Waals surface area (Å²) in [6.07, 6.45) is -4.65. The molecule has 1 atom stereocenters. The molecule has 1 aromatic heterocycles. The van der Waals surface area contributed by atoms with Gasteiger partial charge in [0.05, 0.1) is 5.92 Å². The van der Waals surface area contributed by atoms with E-state index in [4.69, 9.17) is 11.6 Å². The van der Waals surface area contributed by atoms with Crippen molar-refractivity contribution in [1.82, 2.24) is 10.2 Å². The van der Waals surface area contributed by atoms with Crippen molar-refractivity contribution in [2.45, 2.75) is 13.1 Å². The monoisotopic (exact) mass is 278 g/mol. The average Bonchev–Trinajstić information content (AvgIpc) is 2.57. The normalized spacial score (nSPS) is 20.3. The third-order valence-corrected chi connectivity index (χ3v) is 2.52. The van der Waals surface area contributed by atoms with Gasteiger partial charge in [-0.15, -0.1) is 10.2 Å². The van der Waals surface area contributed by atoms with Crippen molar-refractivity contribution >= 4 is 29.0 Å². The van der Waals surface area contributed by atoms with E-state index in [1.165, 1.54) is 12.1 Å². The second kappa shape index (κ2) is 4.20. The van der Waals surface area contributed by atoms with Crippen molar-refractivity contribution < 1.29 is 18.0 Å². The predicted octanol–water partition coefficient (Wildman–Crippen LogP) is 2.03. The van der Waals surface area contributed by atoms with E-state index in [0.717, 1.165) is 6.92 Å². The Morgan fingerprint density at radius 1 is 1.33 bits per heavy atom. The molecule has 0 fully saturated rings. The Kier molecular flexibility index (Phi) is 2.97. The van der Waals surface area contributed by atoms with E-state index in [2.05, 4.69) is 15.3 Å². The van der Waals surface area contributed by atoms with E-state index in [1.54, 1.807) is 0 Å². The molecule has 1 unspecified atom stereocenters. The summed E-state index contributed by atoms with van der Waals surface area (Å²) in [4.78, 5) is 11.7. The summed E-state index contributed by atoms with van der Waals surface area (Å²) in [7, 11) is 0. The lowest BCUT2D eigenvalue weighted by molar-refractivity contribution is -0.120. The maximum absolute atomic E-state index is 12.6. The van der Waals surface area contributed by atoms with Crippen LogP contribution in [0.2, 0.25) is 5.15 Å². The number of hydrogen-bond donors (Lipinski definition) is 0. The number of amides is 1. The second-order valence-electron chi connectivity index (χ2n) is 3.57. The molecule has 0 aromatic carbocycles. The maximum Gasteiger partial charge on any atom is 0.432 e. The van der Waals surface area contributed by atoms with E-state index in [9.17, 15) is 18.0 Å². The Hall–Kier alpha value is -1.70.